The highest BCUT2D eigenvalue weighted by atomic mass is 32.2. The second-order valence-electron chi connectivity index (χ2n) is 8.74. The van der Waals surface area contributed by atoms with Crippen LogP contribution >= 0.6 is 0 Å². The van der Waals surface area contributed by atoms with E-state index in [-0.39, 0.29) is 6.04 Å². The number of piperidine rings is 1. The fourth-order valence-electron chi connectivity index (χ4n) is 4.65. The summed E-state index contributed by atoms with van der Waals surface area (Å²) in [5.41, 5.74) is 2.17. The van der Waals surface area contributed by atoms with Gasteiger partial charge in [0.25, 0.3) is 0 Å². The van der Waals surface area contributed by atoms with Crippen LogP contribution in [0.4, 0.5) is 11.6 Å². The van der Waals surface area contributed by atoms with Crippen molar-refractivity contribution in [2.24, 2.45) is 0 Å². The SMILES string of the molecule is CS(=O)(=O)N1CCC(Nc2ncc3cccc(N4CCN(C5CC5)CC4)c3n2)CC1. The van der Waals surface area contributed by atoms with Crippen molar-refractivity contribution in [3.05, 3.63) is 24.4 Å². The zero-order valence-corrected chi connectivity index (χ0v) is 18.3. The fourth-order valence-corrected chi connectivity index (χ4v) is 5.52. The largest absolute Gasteiger partial charge is 0.367 e. The van der Waals surface area contributed by atoms with Crippen molar-refractivity contribution in [2.75, 3.05) is 55.7 Å². The average Bonchev–Trinajstić information content (AvgIpc) is 3.59. The van der Waals surface area contributed by atoms with Crippen molar-refractivity contribution in [1.29, 1.82) is 0 Å². The average molecular weight is 431 g/mol. The number of nitrogens with zero attached hydrogens (tertiary/aromatic N) is 5. The molecule has 8 nitrogen and oxygen atoms in total. The normalized spacial score (nSPS) is 22.5. The van der Waals surface area contributed by atoms with Crippen molar-refractivity contribution < 1.29 is 8.42 Å². The Balaban J connectivity index is 1.30. The van der Waals surface area contributed by atoms with Crippen molar-refractivity contribution in [1.82, 2.24) is 19.2 Å². The van der Waals surface area contributed by atoms with Gasteiger partial charge in [0.05, 0.1) is 17.5 Å². The number of piperazine rings is 1. The number of benzene rings is 1. The lowest BCUT2D eigenvalue weighted by Gasteiger charge is -2.36. The Morgan fingerprint density at radius 3 is 2.40 bits per heavy atom. The Morgan fingerprint density at radius 2 is 1.73 bits per heavy atom. The van der Waals surface area contributed by atoms with Crippen LogP contribution in [0.15, 0.2) is 24.4 Å². The molecule has 1 aromatic carbocycles. The predicted molar refractivity (Wildman–Crippen MR) is 119 cm³/mol. The van der Waals surface area contributed by atoms with E-state index in [0.29, 0.717) is 19.0 Å². The predicted octanol–water partition coefficient (Wildman–Crippen LogP) is 1.75. The van der Waals surface area contributed by atoms with Crippen LogP contribution in [0.3, 0.4) is 0 Å². The van der Waals surface area contributed by atoms with Gasteiger partial charge in [0.15, 0.2) is 0 Å². The summed E-state index contributed by atoms with van der Waals surface area (Å²) in [5, 5.41) is 4.49. The lowest BCUT2D eigenvalue weighted by Crippen LogP contribution is -2.47. The number of sulfonamides is 1. The molecule has 2 aromatic rings. The van der Waals surface area contributed by atoms with Crippen molar-refractivity contribution in [3.8, 4) is 0 Å². The first-order valence-corrected chi connectivity index (χ1v) is 12.8. The molecule has 0 unspecified atom stereocenters. The minimum Gasteiger partial charge on any atom is -0.367 e. The van der Waals surface area contributed by atoms with Gasteiger partial charge in [0.2, 0.25) is 16.0 Å². The van der Waals surface area contributed by atoms with Crippen molar-refractivity contribution in [3.63, 3.8) is 0 Å². The van der Waals surface area contributed by atoms with Gasteiger partial charge in [0.1, 0.15) is 0 Å². The summed E-state index contributed by atoms with van der Waals surface area (Å²) in [4.78, 5) is 14.5. The first kappa shape index (κ1) is 20.0. The number of aromatic nitrogens is 2. The monoisotopic (exact) mass is 430 g/mol. The molecule has 2 aliphatic heterocycles. The van der Waals surface area contributed by atoms with Gasteiger partial charge in [-0.3, -0.25) is 4.90 Å². The lowest BCUT2D eigenvalue weighted by molar-refractivity contribution is 0.248. The third-order valence-corrected chi connectivity index (χ3v) is 7.87. The molecule has 0 spiro atoms. The Bertz CT molecular complexity index is 1010. The van der Waals surface area contributed by atoms with Gasteiger partial charge >= 0.3 is 0 Å². The second kappa shape index (κ2) is 7.94. The number of anilines is 2. The number of hydrogen-bond donors (Lipinski definition) is 1. The van der Waals surface area contributed by atoms with Crippen LogP contribution < -0.4 is 10.2 Å². The molecule has 1 N–H and O–H groups in total. The molecule has 162 valence electrons. The Labute approximate surface area is 178 Å². The van der Waals surface area contributed by atoms with Crippen LogP contribution in [0, 0.1) is 0 Å². The first-order chi connectivity index (χ1) is 14.5. The van der Waals surface area contributed by atoms with Gasteiger partial charge in [0, 0.05) is 62.9 Å². The van der Waals surface area contributed by atoms with Gasteiger partial charge in [-0.25, -0.2) is 22.7 Å². The van der Waals surface area contributed by atoms with E-state index in [1.54, 1.807) is 4.31 Å². The Kier molecular flexibility index (Phi) is 5.28. The van der Waals surface area contributed by atoms with E-state index in [0.717, 1.165) is 56.0 Å². The summed E-state index contributed by atoms with van der Waals surface area (Å²) < 4.78 is 25.0. The Morgan fingerprint density at radius 1 is 1.00 bits per heavy atom. The lowest BCUT2D eigenvalue weighted by atomic mass is 10.1. The van der Waals surface area contributed by atoms with Crippen LogP contribution in [-0.2, 0) is 10.0 Å². The number of para-hydroxylation sites is 1. The van der Waals surface area contributed by atoms with Gasteiger partial charge in [-0.15, -0.1) is 0 Å². The summed E-state index contributed by atoms with van der Waals surface area (Å²) in [5.74, 6) is 0.629. The molecule has 1 saturated carbocycles. The van der Waals surface area contributed by atoms with Crippen LogP contribution in [0.1, 0.15) is 25.7 Å². The van der Waals surface area contributed by atoms with Gasteiger partial charge in [-0.2, -0.15) is 0 Å². The number of rotatable bonds is 5. The molecule has 3 heterocycles. The minimum atomic E-state index is -3.11. The maximum atomic E-state index is 11.7. The molecule has 0 atom stereocenters. The van der Waals surface area contributed by atoms with E-state index < -0.39 is 10.0 Å². The van der Waals surface area contributed by atoms with Gasteiger partial charge in [-0.05, 0) is 31.7 Å². The third kappa shape index (κ3) is 4.24. The maximum Gasteiger partial charge on any atom is 0.223 e. The molecule has 3 aliphatic rings. The second-order valence-corrected chi connectivity index (χ2v) is 10.7. The van der Waals surface area contributed by atoms with E-state index in [1.165, 1.54) is 24.8 Å². The van der Waals surface area contributed by atoms with Crippen LogP contribution in [0.25, 0.3) is 10.9 Å². The quantitative estimate of drug-likeness (QED) is 0.774. The van der Waals surface area contributed by atoms with E-state index in [1.807, 2.05) is 6.20 Å². The summed E-state index contributed by atoms with van der Waals surface area (Å²) in [7, 11) is -3.11. The summed E-state index contributed by atoms with van der Waals surface area (Å²) in [6.07, 6.45) is 7.41. The van der Waals surface area contributed by atoms with E-state index in [9.17, 15) is 8.42 Å². The summed E-state index contributed by atoms with van der Waals surface area (Å²) in [6.45, 7) is 5.40. The molecule has 9 heteroatoms. The molecule has 1 aliphatic carbocycles. The van der Waals surface area contributed by atoms with E-state index >= 15 is 0 Å². The summed E-state index contributed by atoms with van der Waals surface area (Å²) in [6, 6.07) is 7.33. The maximum absolute atomic E-state index is 11.7. The molecule has 30 heavy (non-hydrogen) atoms. The minimum absolute atomic E-state index is 0.190. The molecule has 2 saturated heterocycles. The van der Waals surface area contributed by atoms with Crippen LogP contribution in [0.2, 0.25) is 0 Å². The molecule has 3 fully saturated rings. The zero-order valence-electron chi connectivity index (χ0n) is 17.5. The third-order valence-electron chi connectivity index (χ3n) is 6.56. The molecule has 0 amide bonds. The zero-order chi connectivity index (χ0) is 20.7. The van der Waals surface area contributed by atoms with E-state index in [4.69, 9.17) is 4.98 Å². The standard InChI is InChI=1S/C21H30N6O2S/c1-30(28,29)27-9-7-17(8-10-27)23-21-22-15-16-3-2-4-19(20(16)24-21)26-13-11-25(12-14-26)18-5-6-18/h2-4,15,17-18H,5-14H2,1H3,(H,22,23,24). The smallest absolute Gasteiger partial charge is 0.223 e. The highest BCUT2D eigenvalue weighted by Crippen LogP contribution is 2.31. The van der Waals surface area contributed by atoms with Gasteiger partial charge < -0.3 is 10.2 Å². The Hall–Kier alpha value is -1.97. The molecule has 5 rings (SSSR count). The fraction of sp³-hybridized carbons (Fsp3) is 0.619. The van der Waals surface area contributed by atoms with E-state index in [2.05, 4.69) is 38.3 Å². The number of fused-ring (bicyclic) bond motifs is 1. The van der Waals surface area contributed by atoms with Crippen molar-refractivity contribution in [2.45, 2.75) is 37.8 Å². The topological polar surface area (TPSA) is 81.7 Å². The first-order valence-electron chi connectivity index (χ1n) is 10.9. The molecule has 0 radical (unpaired) electrons. The highest BCUT2D eigenvalue weighted by Gasteiger charge is 2.31. The number of nitrogens with one attached hydrogen (secondary N) is 1. The molecule has 1 aromatic heterocycles. The molecule has 0 bridgehead atoms. The van der Waals surface area contributed by atoms with Gasteiger partial charge in [-0.1, -0.05) is 12.1 Å². The molecular formula is C21H30N6O2S. The highest BCUT2D eigenvalue weighted by molar-refractivity contribution is 7.88. The van der Waals surface area contributed by atoms with Crippen LogP contribution in [-0.4, -0.2) is 85.2 Å². The van der Waals surface area contributed by atoms with Crippen molar-refractivity contribution >= 4 is 32.6 Å². The summed E-state index contributed by atoms with van der Waals surface area (Å²) >= 11 is 0. The number of hydrogen-bond acceptors (Lipinski definition) is 7. The molecular weight excluding hydrogens is 400 g/mol. The van der Waals surface area contributed by atoms with Crippen LogP contribution in [0.5, 0.6) is 0 Å².